The Morgan fingerprint density at radius 1 is 0.930 bits per heavy atom. The van der Waals surface area contributed by atoms with Crippen molar-refractivity contribution in [2.75, 3.05) is 26.4 Å². The fourth-order valence-electron chi connectivity index (χ4n) is 6.43. The standard InChI is InChI=1S/C37H61N4O13PSi2/c1-14-18-48-30-29(25(22-51-57(12,13)36(7,8)9)52-32(30)40-17-16-27(42)38-33(40)44)54-55(47,49-19-15-2)50-23-26-37(46,56(10,11)35(4,5)6)20-28(53-26)41-21-24(3)31(43)39-34(41)45/h14-17,21,25-26,28-30,32,46H,1-2,18-20,22-23H2,3-13H3,(H,38,42,44)(H,39,43,45)/t25-,26-,28-,29-,30-,32-,37-,55?/m1/s1. The number of H-pyrrole nitrogens is 2. The number of nitrogens with zero attached hydrogens (tertiary/aromatic N) is 2. The highest BCUT2D eigenvalue weighted by atomic mass is 31.2. The van der Waals surface area contributed by atoms with Crippen molar-refractivity contribution < 1.29 is 41.9 Å². The minimum Gasteiger partial charge on any atom is -0.414 e. The van der Waals surface area contributed by atoms with Crippen molar-refractivity contribution in [2.45, 2.75) is 133 Å². The van der Waals surface area contributed by atoms with E-state index in [9.17, 15) is 28.8 Å². The van der Waals surface area contributed by atoms with Crippen molar-refractivity contribution in [3.05, 3.63) is 91.0 Å². The molecule has 8 atom stereocenters. The molecule has 0 saturated carbocycles. The Morgan fingerprint density at radius 3 is 2.14 bits per heavy atom. The van der Waals surface area contributed by atoms with E-state index in [1.54, 1.807) is 6.92 Å². The molecule has 320 valence electrons. The molecule has 0 aliphatic carbocycles. The van der Waals surface area contributed by atoms with Gasteiger partial charge in [-0.05, 0) is 30.1 Å². The zero-order valence-electron chi connectivity index (χ0n) is 35.0. The number of rotatable bonds is 17. The molecule has 2 fully saturated rings. The fraction of sp³-hybridized carbons (Fsp3) is 0.676. The summed E-state index contributed by atoms with van der Waals surface area (Å²) in [4.78, 5) is 54.8. The number of ether oxygens (including phenoxy) is 3. The van der Waals surface area contributed by atoms with Gasteiger partial charge in [-0.15, -0.1) is 13.2 Å². The van der Waals surface area contributed by atoms with Crippen LogP contribution in [0.25, 0.3) is 0 Å². The Kier molecular flexibility index (Phi) is 14.3. The summed E-state index contributed by atoms with van der Waals surface area (Å²) >= 11 is 0. The van der Waals surface area contributed by atoms with Crippen LogP contribution in [0, 0.1) is 6.92 Å². The maximum Gasteiger partial charge on any atom is 0.475 e. The second-order valence-electron chi connectivity index (χ2n) is 17.7. The molecule has 2 aromatic rings. The average Bonchev–Trinajstić information content (AvgIpc) is 3.62. The Morgan fingerprint density at radius 2 is 1.56 bits per heavy atom. The maximum absolute atomic E-state index is 14.9. The van der Waals surface area contributed by atoms with Crippen LogP contribution >= 0.6 is 7.82 Å². The van der Waals surface area contributed by atoms with E-state index < -0.39 is 100 Å². The summed E-state index contributed by atoms with van der Waals surface area (Å²) in [5.74, 6) is 0. The van der Waals surface area contributed by atoms with Crippen molar-refractivity contribution in [1.82, 2.24) is 19.1 Å². The van der Waals surface area contributed by atoms with Crippen LogP contribution in [-0.2, 0) is 36.8 Å². The molecule has 0 bridgehead atoms. The Balaban J connectivity index is 1.77. The first kappa shape index (κ1) is 46.9. The first-order chi connectivity index (χ1) is 26.2. The lowest BCUT2D eigenvalue weighted by Gasteiger charge is -2.49. The molecule has 0 amide bonds. The first-order valence-corrected chi connectivity index (χ1v) is 26.3. The molecule has 3 N–H and O–H groups in total. The van der Waals surface area contributed by atoms with Crippen molar-refractivity contribution in [2.24, 2.45) is 0 Å². The van der Waals surface area contributed by atoms with E-state index >= 15 is 0 Å². The SMILES string of the molecule is C=CCO[C@@H]1[C@H](OP(=O)(OCC=C)OC[C@H]2O[C@@H](n3cc(C)c(=O)[nH]c3=O)C[C@@]2(O)[Si](C)(C)C(C)(C)C)[C@@H](CO[Si](C)(C)C(C)(C)C)O[C@H]1n1ccc(=O)[nH]c1=O. The predicted molar refractivity (Wildman–Crippen MR) is 220 cm³/mol. The van der Waals surface area contributed by atoms with Gasteiger partial charge in [-0.2, -0.15) is 0 Å². The highest BCUT2D eigenvalue weighted by molar-refractivity contribution is 7.48. The summed E-state index contributed by atoms with van der Waals surface area (Å²) in [6.07, 6.45) is -1.31. The van der Waals surface area contributed by atoms with Gasteiger partial charge < -0.3 is 23.7 Å². The van der Waals surface area contributed by atoms with E-state index in [-0.39, 0.29) is 36.8 Å². The molecule has 2 aliphatic rings. The molecular weight excluding hydrogens is 796 g/mol. The highest BCUT2D eigenvalue weighted by Gasteiger charge is 2.62. The third-order valence-electron chi connectivity index (χ3n) is 12.0. The Labute approximate surface area is 335 Å². The predicted octanol–water partition coefficient (Wildman–Crippen LogP) is 4.66. The lowest BCUT2D eigenvalue weighted by atomic mass is 10.1. The molecule has 4 heterocycles. The number of aliphatic hydroxyl groups is 1. The summed E-state index contributed by atoms with van der Waals surface area (Å²) in [5.41, 5.74) is -2.38. The molecule has 0 radical (unpaired) electrons. The summed E-state index contributed by atoms with van der Waals surface area (Å²) in [7, 11) is -9.91. The number of hydrogen-bond acceptors (Lipinski definition) is 13. The quantitative estimate of drug-likeness (QED) is 0.112. The highest BCUT2D eigenvalue weighted by Crippen LogP contribution is 2.56. The number of phosphoric ester groups is 1. The molecule has 2 aromatic heterocycles. The zero-order chi connectivity index (χ0) is 42.9. The first-order valence-electron chi connectivity index (χ1n) is 18.9. The van der Waals surface area contributed by atoms with E-state index in [1.165, 1.54) is 29.1 Å². The number of aromatic amines is 2. The van der Waals surface area contributed by atoms with Crippen molar-refractivity contribution in [3.8, 4) is 0 Å². The average molecular weight is 857 g/mol. The smallest absolute Gasteiger partial charge is 0.414 e. The summed E-state index contributed by atoms with van der Waals surface area (Å²) in [5, 5.41) is 10.5. The Bertz CT molecular complexity index is 2050. The van der Waals surface area contributed by atoms with E-state index in [4.69, 9.17) is 32.2 Å². The van der Waals surface area contributed by atoms with E-state index in [0.29, 0.717) is 0 Å². The van der Waals surface area contributed by atoms with Gasteiger partial charge in [0.15, 0.2) is 14.5 Å². The van der Waals surface area contributed by atoms with Crippen LogP contribution in [0.4, 0.5) is 0 Å². The molecule has 20 heteroatoms. The maximum atomic E-state index is 14.9. The van der Waals surface area contributed by atoms with Crippen LogP contribution in [-0.4, -0.2) is 96.7 Å². The molecule has 0 aromatic carbocycles. The van der Waals surface area contributed by atoms with Gasteiger partial charge in [-0.1, -0.05) is 66.8 Å². The van der Waals surface area contributed by atoms with Crippen LogP contribution in [0.5, 0.6) is 0 Å². The summed E-state index contributed by atoms with van der Waals surface area (Å²) in [6.45, 7) is 28.5. The lowest BCUT2D eigenvalue weighted by Crippen LogP contribution is -2.64. The van der Waals surface area contributed by atoms with Gasteiger partial charge in [-0.3, -0.25) is 42.3 Å². The van der Waals surface area contributed by atoms with Gasteiger partial charge in [0.2, 0.25) is 0 Å². The molecule has 2 aliphatic heterocycles. The molecule has 2 saturated heterocycles. The van der Waals surface area contributed by atoms with Crippen molar-refractivity contribution in [1.29, 1.82) is 0 Å². The van der Waals surface area contributed by atoms with Gasteiger partial charge in [0.1, 0.15) is 30.6 Å². The number of hydrogen-bond donors (Lipinski definition) is 3. The number of aromatic nitrogens is 4. The molecule has 17 nitrogen and oxygen atoms in total. The largest absolute Gasteiger partial charge is 0.475 e. The third kappa shape index (κ3) is 9.98. The van der Waals surface area contributed by atoms with Gasteiger partial charge in [0.05, 0.1) is 39.7 Å². The van der Waals surface area contributed by atoms with Crippen LogP contribution in [0.2, 0.25) is 36.3 Å². The van der Waals surface area contributed by atoms with Crippen molar-refractivity contribution >= 4 is 24.2 Å². The molecule has 57 heavy (non-hydrogen) atoms. The minimum absolute atomic E-state index is 0.0298. The van der Waals surface area contributed by atoms with Crippen LogP contribution in [0.3, 0.4) is 0 Å². The van der Waals surface area contributed by atoms with Crippen molar-refractivity contribution in [3.63, 3.8) is 0 Å². The molecular formula is C37H61N4O13PSi2. The fourth-order valence-corrected chi connectivity index (χ4v) is 11.7. The lowest BCUT2D eigenvalue weighted by molar-refractivity contribution is -0.0713. The number of phosphoric acid groups is 1. The molecule has 0 spiro atoms. The monoisotopic (exact) mass is 856 g/mol. The number of nitrogens with one attached hydrogen (secondary N) is 2. The van der Waals surface area contributed by atoms with E-state index in [0.717, 1.165) is 10.6 Å². The van der Waals surface area contributed by atoms with Gasteiger partial charge in [0, 0.05) is 30.4 Å². The molecule has 4 rings (SSSR count). The number of aryl methyl sites for hydroxylation is 1. The second-order valence-corrected chi connectivity index (χ2v) is 29.7. The topological polar surface area (TPSA) is 212 Å². The van der Waals surface area contributed by atoms with Crippen LogP contribution < -0.4 is 22.5 Å². The summed E-state index contributed by atoms with van der Waals surface area (Å²) < 4.78 is 60.9. The van der Waals surface area contributed by atoms with Gasteiger partial charge in [0.25, 0.3) is 11.1 Å². The van der Waals surface area contributed by atoms with E-state index in [1.807, 2.05) is 33.9 Å². The minimum atomic E-state index is -4.68. The third-order valence-corrected chi connectivity index (χ3v) is 24.3. The van der Waals surface area contributed by atoms with Crippen LogP contribution in [0.1, 0.15) is 66.0 Å². The second kappa shape index (κ2) is 17.4. The van der Waals surface area contributed by atoms with E-state index in [2.05, 4.69) is 57.0 Å². The van der Waals surface area contributed by atoms with Gasteiger partial charge >= 0.3 is 19.2 Å². The summed E-state index contributed by atoms with van der Waals surface area (Å²) in [6, 6.07) is 1.16. The zero-order valence-corrected chi connectivity index (χ0v) is 37.9. The molecule has 1 unspecified atom stereocenters. The van der Waals surface area contributed by atoms with Crippen LogP contribution in [0.15, 0.2) is 62.9 Å². The normalized spacial score (nSPS) is 27.0. The Hall–Kier alpha value is -2.82. The van der Waals surface area contributed by atoms with Gasteiger partial charge in [-0.25, -0.2) is 14.2 Å².